The molecule has 0 saturated carbocycles. The maximum atomic E-state index is 6.26. The molecule has 0 bridgehead atoms. The molecule has 0 fully saturated rings. The van der Waals surface area contributed by atoms with Gasteiger partial charge in [0.1, 0.15) is 12.4 Å². The number of halogens is 2. The average molecular weight is 324 g/mol. The summed E-state index contributed by atoms with van der Waals surface area (Å²) >= 11 is 12.1. The van der Waals surface area contributed by atoms with E-state index >= 15 is 0 Å². The molecule has 21 heavy (non-hydrogen) atoms. The van der Waals surface area contributed by atoms with E-state index < -0.39 is 0 Å². The van der Waals surface area contributed by atoms with Crippen molar-refractivity contribution in [2.75, 3.05) is 0 Å². The highest BCUT2D eigenvalue weighted by Gasteiger charge is 2.09. The molecule has 0 spiro atoms. The van der Waals surface area contributed by atoms with Gasteiger partial charge in [-0.15, -0.1) is 0 Å². The van der Waals surface area contributed by atoms with Crippen LogP contribution in [0.4, 0.5) is 0 Å². The minimum absolute atomic E-state index is 0.410. The van der Waals surface area contributed by atoms with Crippen molar-refractivity contribution in [3.63, 3.8) is 0 Å². The van der Waals surface area contributed by atoms with E-state index in [9.17, 15) is 0 Å². The van der Waals surface area contributed by atoms with E-state index in [1.165, 1.54) is 0 Å². The Labute approximate surface area is 136 Å². The van der Waals surface area contributed by atoms with Crippen LogP contribution < -0.4 is 10.1 Å². The first kappa shape index (κ1) is 16.2. The van der Waals surface area contributed by atoms with E-state index in [0.717, 1.165) is 28.4 Å². The maximum absolute atomic E-state index is 6.26. The van der Waals surface area contributed by atoms with Gasteiger partial charge < -0.3 is 10.1 Å². The summed E-state index contributed by atoms with van der Waals surface area (Å²) in [6.07, 6.45) is 0. The third-order valence-electron chi connectivity index (χ3n) is 3.05. The zero-order valence-electron chi connectivity index (χ0n) is 12.2. The fraction of sp³-hybridized carbons (Fsp3) is 0.294. The summed E-state index contributed by atoms with van der Waals surface area (Å²) in [4.78, 5) is 0. The fourth-order valence-corrected chi connectivity index (χ4v) is 2.28. The van der Waals surface area contributed by atoms with Crippen LogP contribution in [-0.2, 0) is 13.2 Å². The lowest BCUT2D eigenvalue weighted by molar-refractivity contribution is 0.302. The molecule has 0 aliphatic rings. The van der Waals surface area contributed by atoms with Gasteiger partial charge in [-0.3, -0.25) is 0 Å². The van der Waals surface area contributed by atoms with Crippen molar-refractivity contribution in [3.8, 4) is 5.75 Å². The summed E-state index contributed by atoms with van der Waals surface area (Å²) in [5, 5.41) is 4.73. The second-order valence-electron chi connectivity index (χ2n) is 5.18. The third kappa shape index (κ3) is 4.92. The van der Waals surface area contributed by atoms with E-state index in [1.54, 1.807) is 0 Å². The molecule has 112 valence electrons. The Hall–Kier alpha value is -1.22. The largest absolute Gasteiger partial charge is 0.487 e. The lowest BCUT2D eigenvalue weighted by Crippen LogP contribution is -2.22. The van der Waals surface area contributed by atoms with Crippen molar-refractivity contribution in [3.05, 3.63) is 63.6 Å². The Morgan fingerprint density at radius 3 is 2.43 bits per heavy atom. The van der Waals surface area contributed by atoms with Crippen LogP contribution in [0.25, 0.3) is 0 Å². The van der Waals surface area contributed by atoms with Gasteiger partial charge in [0.2, 0.25) is 0 Å². The van der Waals surface area contributed by atoms with Crippen LogP contribution in [-0.4, -0.2) is 6.04 Å². The Kier molecular flexibility index (Phi) is 5.92. The molecule has 2 rings (SSSR count). The van der Waals surface area contributed by atoms with E-state index in [0.29, 0.717) is 17.7 Å². The summed E-state index contributed by atoms with van der Waals surface area (Å²) in [7, 11) is 0. The van der Waals surface area contributed by atoms with Crippen LogP contribution in [0.2, 0.25) is 10.0 Å². The molecular weight excluding hydrogens is 305 g/mol. The van der Waals surface area contributed by atoms with Crippen LogP contribution in [0.15, 0.2) is 42.5 Å². The van der Waals surface area contributed by atoms with Gasteiger partial charge in [0.05, 0.1) is 5.02 Å². The van der Waals surface area contributed by atoms with Crippen molar-refractivity contribution in [2.45, 2.75) is 33.0 Å². The third-order valence-corrected chi connectivity index (χ3v) is 3.60. The Morgan fingerprint density at radius 1 is 1.05 bits per heavy atom. The number of benzene rings is 2. The molecule has 0 radical (unpaired) electrons. The zero-order valence-corrected chi connectivity index (χ0v) is 13.7. The first-order chi connectivity index (χ1) is 10.1. The molecule has 0 aromatic heterocycles. The van der Waals surface area contributed by atoms with Gasteiger partial charge in [0, 0.05) is 23.2 Å². The van der Waals surface area contributed by atoms with Gasteiger partial charge in [-0.25, -0.2) is 0 Å². The van der Waals surface area contributed by atoms with Gasteiger partial charge in [-0.1, -0.05) is 61.3 Å². The minimum Gasteiger partial charge on any atom is -0.487 e. The van der Waals surface area contributed by atoms with Crippen molar-refractivity contribution >= 4 is 23.2 Å². The predicted octanol–water partition coefficient (Wildman–Crippen LogP) is 5.07. The zero-order chi connectivity index (χ0) is 15.2. The Bertz CT molecular complexity index is 582. The smallest absolute Gasteiger partial charge is 0.142 e. The lowest BCUT2D eigenvalue weighted by atomic mass is 10.2. The molecular formula is C17H19Cl2NO. The van der Waals surface area contributed by atoms with Crippen molar-refractivity contribution < 1.29 is 4.74 Å². The van der Waals surface area contributed by atoms with Crippen molar-refractivity contribution in [1.29, 1.82) is 0 Å². The first-order valence-corrected chi connectivity index (χ1v) is 7.70. The van der Waals surface area contributed by atoms with E-state index in [1.807, 2.05) is 42.5 Å². The van der Waals surface area contributed by atoms with Gasteiger partial charge in [-0.2, -0.15) is 0 Å². The SMILES string of the molecule is CC(C)NCc1cccc(Cl)c1OCc1ccc(Cl)cc1. The average Bonchev–Trinajstić information content (AvgIpc) is 2.46. The second-order valence-corrected chi connectivity index (χ2v) is 6.02. The Balaban J connectivity index is 2.09. The van der Waals surface area contributed by atoms with E-state index in [-0.39, 0.29) is 0 Å². The summed E-state index contributed by atoms with van der Waals surface area (Å²) in [6.45, 7) is 5.42. The number of nitrogens with one attached hydrogen (secondary N) is 1. The fourth-order valence-electron chi connectivity index (χ4n) is 1.90. The lowest BCUT2D eigenvalue weighted by Gasteiger charge is -2.15. The standard InChI is InChI=1S/C17H19Cl2NO/c1-12(2)20-10-14-4-3-5-16(19)17(14)21-11-13-6-8-15(18)9-7-13/h3-9,12,20H,10-11H2,1-2H3. The van der Waals surface area contributed by atoms with E-state index in [4.69, 9.17) is 27.9 Å². The van der Waals surface area contributed by atoms with Gasteiger partial charge in [-0.05, 0) is 23.8 Å². The normalized spacial score (nSPS) is 10.9. The molecule has 0 unspecified atom stereocenters. The second kappa shape index (κ2) is 7.69. The highest BCUT2D eigenvalue weighted by atomic mass is 35.5. The quantitative estimate of drug-likeness (QED) is 0.801. The summed E-state index contributed by atoms with van der Waals surface area (Å²) < 4.78 is 5.91. The highest BCUT2D eigenvalue weighted by molar-refractivity contribution is 6.32. The molecule has 2 nitrogen and oxygen atoms in total. The van der Waals surface area contributed by atoms with Crippen LogP contribution in [0.1, 0.15) is 25.0 Å². The number of ether oxygens (including phenoxy) is 1. The number of para-hydroxylation sites is 1. The van der Waals surface area contributed by atoms with Crippen LogP contribution >= 0.6 is 23.2 Å². The molecule has 0 heterocycles. The molecule has 4 heteroatoms. The monoisotopic (exact) mass is 323 g/mol. The molecule has 0 amide bonds. The van der Waals surface area contributed by atoms with Gasteiger partial charge in [0.25, 0.3) is 0 Å². The minimum atomic E-state index is 0.410. The molecule has 0 saturated heterocycles. The maximum Gasteiger partial charge on any atom is 0.142 e. The summed E-state index contributed by atoms with van der Waals surface area (Å²) in [5.41, 5.74) is 2.12. The molecule has 0 aliphatic heterocycles. The topological polar surface area (TPSA) is 21.3 Å². The number of hydrogen-bond donors (Lipinski definition) is 1. The van der Waals surface area contributed by atoms with Crippen LogP contribution in [0.5, 0.6) is 5.75 Å². The highest BCUT2D eigenvalue weighted by Crippen LogP contribution is 2.29. The van der Waals surface area contributed by atoms with Crippen LogP contribution in [0, 0.1) is 0 Å². The molecule has 0 atom stereocenters. The first-order valence-electron chi connectivity index (χ1n) is 6.94. The molecule has 2 aromatic carbocycles. The van der Waals surface area contributed by atoms with Gasteiger partial charge >= 0.3 is 0 Å². The number of rotatable bonds is 6. The molecule has 2 aromatic rings. The van der Waals surface area contributed by atoms with Crippen LogP contribution in [0.3, 0.4) is 0 Å². The van der Waals surface area contributed by atoms with Crippen molar-refractivity contribution in [2.24, 2.45) is 0 Å². The summed E-state index contributed by atoms with van der Waals surface area (Å²) in [6, 6.07) is 13.8. The summed E-state index contributed by atoms with van der Waals surface area (Å²) in [5.74, 6) is 0.738. The van der Waals surface area contributed by atoms with Crippen molar-refractivity contribution in [1.82, 2.24) is 5.32 Å². The molecule has 1 N–H and O–H groups in total. The molecule has 0 aliphatic carbocycles. The van der Waals surface area contributed by atoms with Gasteiger partial charge in [0.15, 0.2) is 0 Å². The number of hydrogen-bond acceptors (Lipinski definition) is 2. The predicted molar refractivity (Wildman–Crippen MR) is 89.2 cm³/mol. The van der Waals surface area contributed by atoms with E-state index in [2.05, 4.69) is 19.2 Å². The Morgan fingerprint density at radius 2 is 1.76 bits per heavy atom.